The summed E-state index contributed by atoms with van der Waals surface area (Å²) < 4.78 is 5.57. The highest BCUT2D eigenvalue weighted by molar-refractivity contribution is 6.10. The van der Waals surface area contributed by atoms with Crippen molar-refractivity contribution in [2.75, 3.05) is 48.3 Å². The molecule has 1 fully saturated rings. The number of amides is 3. The first-order valence-corrected chi connectivity index (χ1v) is 9.87. The molecule has 2 aromatic rings. The van der Waals surface area contributed by atoms with Crippen molar-refractivity contribution in [1.29, 1.82) is 0 Å². The van der Waals surface area contributed by atoms with Crippen LogP contribution in [0.15, 0.2) is 24.5 Å². The molecule has 31 heavy (non-hydrogen) atoms. The number of ether oxygens (including phenoxy) is 1. The maximum absolute atomic E-state index is 13.2. The molecule has 1 aromatic heterocycles. The van der Waals surface area contributed by atoms with Gasteiger partial charge in [-0.05, 0) is 30.2 Å². The van der Waals surface area contributed by atoms with Crippen LogP contribution in [-0.2, 0) is 11.2 Å². The van der Waals surface area contributed by atoms with Gasteiger partial charge >= 0.3 is 12.0 Å². The second kappa shape index (κ2) is 8.09. The van der Waals surface area contributed by atoms with Crippen LogP contribution in [0.4, 0.5) is 22.0 Å². The number of carbonyl (C=O) groups excluding carboxylic acids is 2. The average Bonchev–Trinajstić information content (AvgIpc) is 2.99. The van der Waals surface area contributed by atoms with Gasteiger partial charge in [-0.3, -0.25) is 14.5 Å². The van der Waals surface area contributed by atoms with Gasteiger partial charge in [0.2, 0.25) is 5.88 Å². The lowest BCUT2D eigenvalue weighted by Crippen LogP contribution is -2.36. The number of hydrogen-bond donors (Lipinski definition) is 2. The molecular weight excluding hydrogens is 404 g/mol. The second-order valence-corrected chi connectivity index (χ2v) is 7.16. The van der Waals surface area contributed by atoms with Crippen LogP contribution in [0.5, 0.6) is 5.88 Å². The Balaban J connectivity index is 1.64. The summed E-state index contributed by atoms with van der Waals surface area (Å²) >= 11 is 0. The van der Waals surface area contributed by atoms with Crippen molar-refractivity contribution < 1.29 is 24.2 Å². The molecule has 162 valence electrons. The third kappa shape index (κ3) is 3.69. The molecule has 2 aliphatic heterocycles. The zero-order valence-electron chi connectivity index (χ0n) is 16.9. The van der Waals surface area contributed by atoms with E-state index >= 15 is 0 Å². The zero-order valence-corrected chi connectivity index (χ0v) is 16.9. The fraction of sp³-hybridized carbons (Fsp3) is 0.350. The summed E-state index contributed by atoms with van der Waals surface area (Å²) in [6.45, 7) is 2.90. The van der Waals surface area contributed by atoms with E-state index in [1.807, 2.05) is 13.0 Å². The molecule has 11 heteroatoms. The van der Waals surface area contributed by atoms with Gasteiger partial charge in [0, 0.05) is 24.5 Å². The van der Waals surface area contributed by atoms with Crippen molar-refractivity contribution in [3.05, 3.63) is 35.7 Å². The number of hydrogen-bond acceptors (Lipinski definition) is 7. The van der Waals surface area contributed by atoms with Gasteiger partial charge in [-0.2, -0.15) is 0 Å². The number of urea groups is 1. The maximum atomic E-state index is 13.2. The van der Waals surface area contributed by atoms with Crippen molar-refractivity contribution in [2.45, 2.75) is 13.3 Å². The Bertz CT molecular complexity index is 1060. The summed E-state index contributed by atoms with van der Waals surface area (Å²) in [6, 6.07) is 5.04. The summed E-state index contributed by atoms with van der Waals surface area (Å²) in [5.74, 6) is -1.19. The topological polar surface area (TPSA) is 142 Å². The number of nitrogens with zero attached hydrogens (tertiary/aromatic N) is 5. The first-order chi connectivity index (χ1) is 14.9. The summed E-state index contributed by atoms with van der Waals surface area (Å²) in [5.41, 5.74) is 8.22. The Kier molecular flexibility index (Phi) is 5.32. The number of aromatic nitrogens is 2. The molecule has 0 saturated carbocycles. The zero-order chi connectivity index (χ0) is 22.1. The van der Waals surface area contributed by atoms with E-state index < -0.39 is 5.97 Å². The molecule has 4 rings (SSSR count). The molecule has 1 aromatic carbocycles. The Morgan fingerprint density at radius 2 is 2.00 bits per heavy atom. The fourth-order valence-corrected chi connectivity index (χ4v) is 3.81. The smallest absolute Gasteiger partial charge is 0.325 e. The first-order valence-electron chi connectivity index (χ1n) is 9.87. The second-order valence-electron chi connectivity index (χ2n) is 7.16. The average molecular weight is 426 g/mol. The van der Waals surface area contributed by atoms with Crippen LogP contribution in [0.25, 0.3) is 0 Å². The number of carbonyl (C=O) groups is 3. The highest BCUT2D eigenvalue weighted by Gasteiger charge is 2.33. The molecule has 11 nitrogen and oxygen atoms in total. The number of fused-ring (bicyclic) bond motifs is 1. The Morgan fingerprint density at radius 1 is 1.19 bits per heavy atom. The van der Waals surface area contributed by atoms with E-state index in [-0.39, 0.29) is 42.4 Å². The summed E-state index contributed by atoms with van der Waals surface area (Å²) in [6.07, 6.45) is 1.87. The van der Waals surface area contributed by atoms with Gasteiger partial charge in [0.05, 0.1) is 6.54 Å². The third-order valence-electron chi connectivity index (χ3n) is 5.32. The van der Waals surface area contributed by atoms with Crippen LogP contribution in [0.2, 0.25) is 0 Å². The van der Waals surface area contributed by atoms with Gasteiger partial charge in [-0.25, -0.2) is 14.8 Å². The molecule has 0 aliphatic carbocycles. The normalized spacial score (nSPS) is 16.2. The van der Waals surface area contributed by atoms with Gasteiger partial charge in [-0.1, -0.05) is 6.92 Å². The Labute approximate surface area is 178 Å². The first kappa shape index (κ1) is 20.4. The number of benzene rings is 1. The Hall–Kier alpha value is -3.89. The number of carboxylic acids is 1. The largest absolute Gasteiger partial charge is 0.480 e. The number of nitrogens with two attached hydrogens (primary N) is 1. The van der Waals surface area contributed by atoms with Crippen molar-refractivity contribution in [1.82, 2.24) is 14.9 Å². The fourth-order valence-electron chi connectivity index (χ4n) is 3.81. The van der Waals surface area contributed by atoms with E-state index in [1.165, 1.54) is 11.2 Å². The van der Waals surface area contributed by atoms with Crippen molar-refractivity contribution in [3.8, 4) is 5.88 Å². The van der Waals surface area contributed by atoms with Gasteiger partial charge < -0.3 is 25.4 Å². The predicted octanol–water partition coefficient (Wildman–Crippen LogP) is 0.987. The molecule has 0 unspecified atom stereocenters. The van der Waals surface area contributed by atoms with Crippen LogP contribution in [0.1, 0.15) is 22.8 Å². The van der Waals surface area contributed by atoms with E-state index in [1.54, 1.807) is 21.9 Å². The van der Waals surface area contributed by atoms with Crippen LogP contribution in [-0.4, -0.2) is 70.7 Å². The van der Waals surface area contributed by atoms with Crippen LogP contribution in [0, 0.1) is 0 Å². The van der Waals surface area contributed by atoms with Gasteiger partial charge in [0.15, 0.2) is 0 Å². The highest BCUT2D eigenvalue weighted by Crippen LogP contribution is 2.32. The number of aryl methyl sites for hydroxylation is 1. The standard InChI is InChI=1S/C20H22N6O5/c1-2-12-9-13(3-4-14(12)26-6-5-24(20(26)30)10-15(27)28)25-7-8-31-18-16(19(25)29)17(21)22-11-23-18/h3-4,9,11H,2,5-8,10H2,1H3,(H,27,28)(H2,21,22,23). The molecule has 3 amide bonds. The maximum Gasteiger partial charge on any atom is 0.325 e. The monoisotopic (exact) mass is 426 g/mol. The predicted molar refractivity (Wildman–Crippen MR) is 111 cm³/mol. The van der Waals surface area contributed by atoms with Crippen LogP contribution >= 0.6 is 0 Å². The van der Waals surface area contributed by atoms with E-state index in [0.29, 0.717) is 37.4 Å². The van der Waals surface area contributed by atoms with Crippen molar-refractivity contribution in [2.24, 2.45) is 0 Å². The highest BCUT2D eigenvalue weighted by atomic mass is 16.5. The third-order valence-corrected chi connectivity index (χ3v) is 5.32. The Morgan fingerprint density at radius 3 is 2.74 bits per heavy atom. The lowest BCUT2D eigenvalue weighted by molar-refractivity contribution is -0.137. The van der Waals surface area contributed by atoms with Gasteiger partial charge in [-0.15, -0.1) is 0 Å². The number of aliphatic carboxylic acids is 1. The summed E-state index contributed by atoms with van der Waals surface area (Å²) in [5, 5.41) is 8.99. The SMILES string of the molecule is CCc1cc(N2CCOc3ncnc(N)c3C2=O)ccc1N1CCN(CC(=O)O)C1=O. The molecular formula is C20H22N6O5. The molecule has 3 N–H and O–H groups in total. The lowest BCUT2D eigenvalue weighted by atomic mass is 10.1. The van der Waals surface area contributed by atoms with E-state index in [9.17, 15) is 14.4 Å². The van der Waals surface area contributed by atoms with Crippen LogP contribution in [0.3, 0.4) is 0 Å². The molecule has 3 heterocycles. The molecule has 0 radical (unpaired) electrons. The van der Waals surface area contributed by atoms with Crippen molar-refractivity contribution >= 4 is 35.1 Å². The number of carboxylic acid groups (broad SMARTS) is 1. The molecule has 2 aliphatic rings. The number of anilines is 3. The van der Waals surface area contributed by atoms with Crippen LogP contribution < -0.4 is 20.3 Å². The van der Waals surface area contributed by atoms with E-state index in [2.05, 4.69) is 9.97 Å². The number of nitrogen functional groups attached to an aromatic ring is 1. The lowest BCUT2D eigenvalue weighted by Gasteiger charge is -2.24. The van der Waals surface area contributed by atoms with E-state index in [0.717, 1.165) is 5.56 Å². The van der Waals surface area contributed by atoms with Gasteiger partial charge in [0.25, 0.3) is 5.91 Å². The summed E-state index contributed by atoms with van der Waals surface area (Å²) in [7, 11) is 0. The summed E-state index contributed by atoms with van der Waals surface area (Å²) in [4.78, 5) is 49.1. The number of rotatable bonds is 5. The van der Waals surface area contributed by atoms with E-state index in [4.69, 9.17) is 15.6 Å². The molecule has 0 atom stereocenters. The minimum absolute atomic E-state index is 0.0513. The van der Waals surface area contributed by atoms with Crippen molar-refractivity contribution in [3.63, 3.8) is 0 Å². The van der Waals surface area contributed by atoms with Gasteiger partial charge in [0.1, 0.15) is 30.9 Å². The minimum atomic E-state index is -1.05. The molecule has 1 saturated heterocycles. The quantitative estimate of drug-likeness (QED) is 0.721. The molecule has 0 bridgehead atoms. The molecule has 0 spiro atoms. The minimum Gasteiger partial charge on any atom is -0.480 e.